The smallest absolute Gasteiger partial charge is 0.122 e. The maximum absolute atomic E-state index is 11.6. The molecule has 1 aromatic heterocycles. The van der Waals surface area contributed by atoms with Gasteiger partial charge >= 0.3 is 0 Å². The third kappa shape index (κ3) is 6.31. The number of nitrogens with two attached hydrogens (primary N) is 1. The first-order chi connectivity index (χ1) is 15.3. The maximum Gasteiger partial charge on any atom is 0.122 e. The normalized spacial score (nSPS) is 12.1. The van der Waals surface area contributed by atoms with Crippen LogP contribution in [0.25, 0.3) is 16.9 Å². The highest BCUT2D eigenvalue weighted by Crippen LogP contribution is 2.35. The molecular weight excluding hydrogens is 435 g/mol. The summed E-state index contributed by atoms with van der Waals surface area (Å²) in [7, 11) is 0.936. The number of ether oxygens (including phenoxy) is 1. The zero-order chi connectivity index (χ0) is 23.9. The average Bonchev–Trinajstić information content (AvgIpc) is 3.11. The van der Waals surface area contributed by atoms with E-state index < -0.39 is 11.0 Å². The summed E-state index contributed by atoms with van der Waals surface area (Å²) in [6.45, 7) is 13.6. The van der Waals surface area contributed by atoms with Crippen molar-refractivity contribution in [3.8, 4) is 22.7 Å². The molecule has 6 heteroatoms. The molecule has 1 heterocycles. The van der Waals surface area contributed by atoms with E-state index in [0.717, 1.165) is 35.5 Å². The van der Waals surface area contributed by atoms with Gasteiger partial charge in [0.15, 0.2) is 0 Å². The second-order valence-corrected chi connectivity index (χ2v) is 9.50. The minimum absolute atomic E-state index is 0.190. The summed E-state index contributed by atoms with van der Waals surface area (Å²) in [4.78, 5) is 0.626. The van der Waals surface area contributed by atoms with Crippen LogP contribution in [0.5, 0.6) is 5.75 Å². The van der Waals surface area contributed by atoms with Crippen LogP contribution in [-0.2, 0) is 17.4 Å². The fourth-order valence-electron chi connectivity index (χ4n) is 3.60. The average molecular weight is 473 g/mol. The predicted molar refractivity (Wildman–Crippen MR) is 141 cm³/mol. The third-order valence-electron chi connectivity index (χ3n) is 5.71. The van der Waals surface area contributed by atoms with Crippen molar-refractivity contribution in [3.05, 3.63) is 65.9 Å². The summed E-state index contributed by atoms with van der Waals surface area (Å²) in [6.07, 6.45) is 2.07. The fourth-order valence-corrected chi connectivity index (χ4v) is 4.00. The number of nitrogens with zero attached hydrogens (tertiary/aromatic N) is 1. The molecule has 2 N–H and O–H groups in total. The fraction of sp³-hybridized carbons (Fsp3) is 0.385. The Morgan fingerprint density at radius 3 is 2.12 bits per heavy atom. The standard InChI is InChI=1S/C25H32N2O2S.CH5P/c1-6-25(4,5)17-24-18(3)16-23(19-8-12-21(13-9-19)29-7-2)27(24)20-10-14-22(15-11-20)30(26)28;1-2/h8-16H,6-7,17,26H2,1-5H3;2H2,1H3. The van der Waals surface area contributed by atoms with Crippen LogP contribution in [-0.4, -0.2) is 22.0 Å². The summed E-state index contributed by atoms with van der Waals surface area (Å²) in [5.74, 6) is 0.873. The maximum atomic E-state index is 11.6. The van der Waals surface area contributed by atoms with E-state index in [1.54, 1.807) is 0 Å². The van der Waals surface area contributed by atoms with Crippen molar-refractivity contribution < 1.29 is 8.95 Å². The number of aromatic nitrogens is 1. The summed E-state index contributed by atoms with van der Waals surface area (Å²) in [5.41, 5.74) is 6.07. The molecule has 4 nitrogen and oxygen atoms in total. The lowest BCUT2D eigenvalue weighted by Crippen LogP contribution is -2.17. The monoisotopic (exact) mass is 472 g/mol. The van der Waals surface area contributed by atoms with Gasteiger partial charge in [-0.3, -0.25) is 0 Å². The van der Waals surface area contributed by atoms with Gasteiger partial charge in [0.25, 0.3) is 0 Å². The zero-order valence-electron chi connectivity index (χ0n) is 20.1. The molecule has 0 fully saturated rings. The summed E-state index contributed by atoms with van der Waals surface area (Å²) >= 11 is 0. The van der Waals surface area contributed by atoms with Crippen LogP contribution in [0.15, 0.2) is 59.5 Å². The van der Waals surface area contributed by atoms with Crippen LogP contribution in [0.2, 0.25) is 0 Å². The van der Waals surface area contributed by atoms with E-state index in [1.165, 1.54) is 11.3 Å². The second-order valence-electron chi connectivity index (χ2n) is 8.44. The molecule has 174 valence electrons. The van der Waals surface area contributed by atoms with Crippen LogP contribution in [0.3, 0.4) is 0 Å². The van der Waals surface area contributed by atoms with Gasteiger partial charge in [0.05, 0.1) is 17.2 Å². The number of hydrogen-bond donors (Lipinski definition) is 1. The molecule has 3 rings (SSSR count). The van der Waals surface area contributed by atoms with E-state index in [-0.39, 0.29) is 5.41 Å². The van der Waals surface area contributed by atoms with Gasteiger partial charge in [-0.2, -0.15) is 0 Å². The Morgan fingerprint density at radius 2 is 1.62 bits per heavy atom. The molecule has 3 aromatic rings. The molecule has 0 aliphatic heterocycles. The first-order valence-corrected chi connectivity index (χ1v) is 13.4. The molecule has 2 unspecified atom stereocenters. The van der Waals surface area contributed by atoms with Gasteiger partial charge in [-0.15, -0.1) is 9.24 Å². The highest BCUT2D eigenvalue weighted by molar-refractivity contribution is 7.82. The van der Waals surface area contributed by atoms with Crippen molar-refractivity contribution in [1.82, 2.24) is 4.57 Å². The molecule has 0 bridgehead atoms. The highest BCUT2D eigenvalue weighted by Gasteiger charge is 2.23. The molecule has 2 aromatic carbocycles. The summed E-state index contributed by atoms with van der Waals surface area (Å²) < 4.78 is 19.6. The van der Waals surface area contributed by atoms with E-state index in [9.17, 15) is 4.21 Å². The molecule has 0 radical (unpaired) electrons. The highest BCUT2D eigenvalue weighted by atomic mass is 32.2. The lowest BCUT2D eigenvalue weighted by Gasteiger charge is -2.25. The SMILES string of the molecule is CCOc1ccc(-c2cc(C)c(CC(C)(C)CC)n2-c2ccc(S(N)=O)cc2)cc1.CP. The minimum atomic E-state index is -1.48. The van der Waals surface area contributed by atoms with Crippen molar-refractivity contribution in [3.63, 3.8) is 0 Å². The topological polar surface area (TPSA) is 57.2 Å². The predicted octanol–water partition coefficient (Wildman–Crippen LogP) is 6.30. The van der Waals surface area contributed by atoms with Gasteiger partial charge in [0, 0.05) is 11.4 Å². The van der Waals surface area contributed by atoms with Crippen molar-refractivity contribution in [2.24, 2.45) is 10.6 Å². The van der Waals surface area contributed by atoms with E-state index in [4.69, 9.17) is 9.88 Å². The van der Waals surface area contributed by atoms with Crippen LogP contribution in [0.4, 0.5) is 0 Å². The summed E-state index contributed by atoms with van der Waals surface area (Å²) in [6, 6.07) is 18.2. The molecule has 0 spiro atoms. The van der Waals surface area contributed by atoms with Gasteiger partial charge < -0.3 is 9.30 Å². The number of rotatable bonds is 8. The Bertz CT molecular complexity index is 1030. The Morgan fingerprint density at radius 1 is 1.03 bits per heavy atom. The molecule has 0 aliphatic rings. The van der Waals surface area contributed by atoms with Crippen molar-refractivity contribution in [2.45, 2.75) is 52.4 Å². The van der Waals surface area contributed by atoms with Crippen LogP contribution in [0.1, 0.15) is 45.4 Å². The Kier molecular flexibility index (Phi) is 9.69. The second kappa shape index (κ2) is 11.8. The van der Waals surface area contributed by atoms with Crippen LogP contribution >= 0.6 is 9.24 Å². The van der Waals surface area contributed by atoms with Gasteiger partial charge in [0.1, 0.15) is 16.7 Å². The van der Waals surface area contributed by atoms with Gasteiger partial charge in [-0.1, -0.05) is 33.9 Å². The number of hydrogen-bond acceptors (Lipinski definition) is 2. The van der Waals surface area contributed by atoms with Crippen molar-refractivity contribution in [2.75, 3.05) is 13.3 Å². The van der Waals surface area contributed by atoms with E-state index in [2.05, 4.69) is 59.7 Å². The first kappa shape index (κ1) is 26.3. The van der Waals surface area contributed by atoms with Gasteiger partial charge in [-0.25, -0.2) is 9.35 Å². The molecule has 0 aliphatic carbocycles. The lowest BCUT2D eigenvalue weighted by atomic mass is 9.84. The molecule has 0 amide bonds. The molecule has 32 heavy (non-hydrogen) atoms. The molecular formula is C26H37N2O2PS. The summed E-state index contributed by atoms with van der Waals surface area (Å²) in [5, 5.41) is 5.55. The molecule has 0 saturated heterocycles. The quantitative estimate of drug-likeness (QED) is 0.391. The van der Waals surface area contributed by atoms with Crippen LogP contribution in [0, 0.1) is 12.3 Å². The first-order valence-electron chi connectivity index (χ1n) is 11.0. The van der Waals surface area contributed by atoms with Gasteiger partial charge in [0.2, 0.25) is 0 Å². The van der Waals surface area contributed by atoms with E-state index >= 15 is 0 Å². The molecule has 2 atom stereocenters. The third-order valence-corrected chi connectivity index (χ3v) is 6.45. The van der Waals surface area contributed by atoms with Crippen molar-refractivity contribution in [1.29, 1.82) is 0 Å². The number of benzene rings is 2. The van der Waals surface area contributed by atoms with Crippen molar-refractivity contribution >= 4 is 20.2 Å². The Hall–Kier alpha value is -1.94. The largest absolute Gasteiger partial charge is 0.494 e. The Labute approximate surface area is 198 Å². The Balaban J connectivity index is 0.00000176. The van der Waals surface area contributed by atoms with Crippen LogP contribution < -0.4 is 9.88 Å². The van der Waals surface area contributed by atoms with E-state index in [0.29, 0.717) is 11.5 Å². The molecule has 0 saturated carbocycles. The number of aryl methyl sites for hydroxylation is 1. The van der Waals surface area contributed by atoms with E-state index in [1.807, 2.05) is 50.0 Å². The zero-order valence-corrected chi connectivity index (χ0v) is 22.1. The lowest BCUT2D eigenvalue weighted by molar-refractivity contribution is 0.340. The van der Waals surface area contributed by atoms with Gasteiger partial charge in [-0.05, 0) is 91.4 Å². The minimum Gasteiger partial charge on any atom is -0.494 e.